The Morgan fingerprint density at radius 2 is 2.47 bits per heavy atom. The van der Waals surface area contributed by atoms with E-state index in [0.29, 0.717) is 24.5 Å². The summed E-state index contributed by atoms with van der Waals surface area (Å²) in [6.45, 7) is 2.08. The summed E-state index contributed by atoms with van der Waals surface area (Å²) in [4.78, 5) is 11.4. The molecule has 1 aliphatic rings. The van der Waals surface area contributed by atoms with Crippen LogP contribution in [0.4, 0.5) is 0 Å². The third-order valence-electron chi connectivity index (χ3n) is 3.23. The smallest absolute Gasteiger partial charge is 0.315 e. The zero-order valence-corrected chi connectivity index (χ0v) is 8.68. The molecular weight excluding hydrogens is 192 g/mol. The topological polar surface area (TPSA) is 63.1 Å². The fourth-order valence-electron chi connectivity index (χ4n) is 2.38. The highest BCUT2D eigenvalue weighted by molar-refractivity contribution is 5.81. The Bertz CT molecular complexity index is 366. The van der Waals surface area contributed by atoms with Crippen molar-refractivity contribution < 1.29 is 9.90 Å². The quantitative estimate of drug-likeness (QED) is 0.798. The van der Waals surface area contributed by atoms with Gasteiger partial charge in [0.15, 0.2) is 0 Å². The summed E-state index contributed by atoms with van der Waals surface area (Å²) in [5.41, 5.74) is -0.199. The number of hydrogen-bond donors (Lipinski definition) is 1. The molecule has 0 aromatic carbocycles. The molecule has 2 rings (SSSR count). The van der Waals surface area contributed by atoms with Crippen LogP contribution >= 0.6 is 0 Å². The van der Waals surface area contributed by atoms with E-state index in [4.69, 9.17) is 0 Å². The number of carboxylic acid groups (broad SMARTS) is 1. The molecule has 1 aromatic rings. The summed E-state index contributed by atoms with van der Waals surface area (Å²) in [5.74, 6) is -0.324. The Kier molecular flexibility index (Phi) is 2.42. The molecular formula is C11H14N2O2. The molecule has 0 amide bonds. The average molecular weight is 206 g/mol. The standard InChI is InChI=1S/C11H14N2O2/c1-8-4-5-11(7-8,10(14)15)9-3-2-6-12-13-9/h2-3,6,8H,4-5,7H2,1H3,(H,14,15). The van der Waals surface area contributed by atoms with E-state index < -0.39 is 11.4 Å². The Balaban J connectivity index is 2.41. The van der Waals surface area contributed by atoms with Crippen LogP contribution in [0, 0.1) is 5.92 Å². The van der Waals surface area contributed by atoms with E-state index in [1.54, 1.807) is 18.3 Å². The number of aromatic nitrogens is 2. The van der Waals surface area contributed by atoms with Crippen molar-refractivity contribution in [3.05, 3.63) is 24.0 Å². The summed E-state index contributed by atoms with van der Waals surface area (Å²) in [7, 11) is 0. The summed E-state index contributed by atoms with van der Waals surface area (Å²) < 4.78 is 0. The van der Waals surface area contributed by atoms with Gasteiger partial charge in [-0.05, 0) is 37.3 Å². The van der Waals surface area contributed by atoms with Crippen LogP contribution in [0.25, 0.3) is 0 Å². The van der Waals surface area contributed by atoms with Gasteiger partial charge in [0.25, 0.3) is 0 Å². The third-order valence-corrected chi connectivity index (χ3v) is 3.23. The van der Waals surface area contributed by atoms with Gasteiger partial charge in [0.2, 0.25) is 0 Å². The highest BCUT2D eigenvalue weighted by atomic mass is 16.4. The third kappa shape index (κ3) is 1.60. The van der Waals surface area contributed by atoms with Gasteiger partial charge in [-0.25, -0.2) is 0 Å². The average Bonchev–Trinajstić information content (AvgIpc) is 2.63. The minimum atomic E-state index is -0.798. The number of hydrogen-bond acceptors (Lipinski definition) is 3. The van der Waals surface area contributed by atoms with E-state index in [2.05, 4.69) is 17.1 Å². The monoisotopic (exact) mass is 206 g/mol. The molecule has 0 saturated heterocycles. The molecule has 0 spiro atoms. The van der Waals surface area contributed by atoms with Crippen LogP contribution in [0.1, 0.15) is 31.9 Å². The van der Waals surface area contributed by atoms with Gasteiger partial charge >= 0.3 is 5.97 Å². The van der Waals surface area contributed by atoms with Crippen LogP contribution in [0.2, 0.25) is 0 Å². The van der Waals surface area contributed by atoms with E-state index in [1.807, 2.05) is 0 Å². The van der Waals surface area contributed by atoms with Gasteiger partial charge in [-0.3, -0.25) is 4.79 Å². The van der Waals surface area contributed by atoms with Gasteiger partial charge in [0.1, 0.15) is 5.41 Å². The first kappa shape index (κ1) is 10.1. The lowest BCUT2D eigenvalue weighted by Gasteiger charge is -2.22. The van der Waals surface area contributed by atoms with E-state index in [1.165, 1.54) is 0 Å². The summed E-state index contributed by atoms with van der Waals surface area (Å²) >= 11 is 0. The number of carboxylic acids is 1. The van der Waals surface area contributed by atoms with Gasteiger partial charge < -0.3 is 5.11 Å². The van der Waals surface area contributed by atoms with Crippen molar-refractivity contribution in [2.24, 2.45) is 5.92 Å². The normalized spacial score (nSPS) is 30.3. The first-order chi connectivity index (χ1) is 7.15. The number of rotatable bonds is 2. The zero-order chi connectivity index (χ0) is 10.9. The molecule has 1 N–H and O–H groups in total. The molecule has 1 aliphatic carbocycles. The highest BCUT2D eigenvalue weighted by Gasteiger charge is 2.47. The van der Waals surface area contributed by atoms with Crippen molar-refractivity contribution in [1.82, 2.24) is 10.2 Å². The molecule has 4 nitrogen and oxygen atoms in total. The van der Waals surface area contributed by atoms with E-state index in [0.717, 1.165) is 6.42 Å². The lowest BCUT2D eigenvalue weighted by Crippen LogP contribution is -2.34. The molecule has 15 heavy (non-hydrogen) atoms. The first-order valence-electron chi connectivity index (χ1n) is 5.17. The fraction of sp³-hybridized carbons (Fsp3) is 0.545. The second kappa shape index (κ2) is 3.61. The molecule has 0 aliphatic heterocycles. The van der Waals surface area contributed by atoms with Crippen LogP contribution in [0.15, 0.2) is 18.3 Å². The van der Waals surface area contributed by atoms with Gasteiger partial charge in [-0.2, -0.15) is 10.2 Å². The molecule has 1 heterocycles. The Morgan fingerprint density at radius 3 is 2.93 bits per heavy atom. The molecule has 0 bridgehead atoms. The molecule has 80 valence electrons. The molecule has 2 atom stereocenters. The highest BCUT2D eigenvalue weighted by Crippen LogP contribution is 2.43. The van der Waals surface area contributed by atoms with Crippen molar-refractivity contribution in [3.8, 4) is 0 Å². The second-order valence-corrected chi connectivity index (χ2v) is 4.34. The molecule has 1 fully saturated rings. The summed E-state index contributed by atoms with van der Waals surface area (Å²) in [6, 6.07) is 3.51. The maximum absolute atomic E-state index is 11.4. The maximum atomic E-state index is 11.4. The van der Waals surface area contributed by atoms with Crippen LogP contribution in [0.5, 0.6) is 0 Å². The molecule has 4 heteroatoms. The van der Waals surface area contributed by atoms with Crippen LogP contribution < -0.4 is 0 Å². The zero-order valence-electron chi connectivity index (χ0n) is 8.68. The number of aliphatic carboxylic acids is 1. The van der Waals surface area contributed by atoms with E-state index in [-0.39, 0.29) is 0 Å². The Hall–Kier alpha value is -1.45. The summed E-state index contributed by atoms with van der Waals surface area (Å²) in [6.07, 6.45) is 3.85. The summed E-state index contributed by atoms with van der Waals surface area (Å²) in [5, 5.41) is 17.1. The van der Waals surface area contributed by atoms with E-state index in [9.17, 15) is 9.90 Å². The SMILES string of the molecule is CC1CCC(C(=O)O)(c2cccnn2)C1. The van der Waals surface area contributed by atoms with Crippen molar-refractivity contribution >= 4 is 5.97 Å². The van der Waals surface area contributed by atoms with Gasteiger partial charge in [0.05, 0.1) is 5.69 Å². The van der Waals surface area contributed by atoms with Crippen LogP contribution in [-0.4, -0.2) is 21.3 Å². The lowest BCUT2D eigenvalue weighted by atomic mass is 9.82. The van der Waals surface area contributed by atoms with Crippen molar-refractivity contribution in [2.45, 2.75) is 31.6 Å². The fourth-order valence-corrected chi connectivity index (χ4v) is 2.38. The molecule has 2 unspecified atom stereocenters. The van der Waals surface area contributed by atoms with Gasteiger partial charge in [0, 0.05) is 6.20 Å². The first-order valence-corrected chi connectivity index (χ1v) is 5.17. The Labute approximate surface area is 88.3 Å². The minimum Gasteiger partial charge on any atom is -0.481 e. The van der Waals surface area contributed by atoms with Crippen molar-refractivity contribution in [2.75, 3.05) is 0 Å². The van der Waals surface area contributed by atoms with Crippen LogP contribution in [0.3, 0.4) is 0 Å². The number of nitrogens with zero attached hydrogens (tertiary/aromatic N) is 2. The largest absolute Gasteiger partial charge is 0.481 e. The van der Waals surface area contributed by atoms with Gasteiger partial charge in [-0.15, -0.1) is 0 Å². The van der Waals surface area contributed by atoms with Crippen molar-refractivity contribution in [1.29, 1.82) is 0 Å². The number of carbonyl (C=O) groups is 1. The van der Waals surface area contributed by atoms with Gasteiger partial charge in [-0.1, -0.05) is 6.92 Å². The molecule has 1 aromatic heterocycles. The van der Waals surface area contributed by atoms with Crippen molar-refractivity contribution in [3.63, 3.8) is 0 Å². The predicted octanol–water partition coefficient (Wildman–Crippen LogP) is 1.62. The Morgan fingerprint density at radius 1 is 1.67 bits per heavy atom. The molecule has 1 saturated carbocycles. The predicted molar refractivity (Wildman–Crippen MR) is 54.4 cm³/mol. The maximum Gasteiger partial charge on any atom is 0.315 e. The van der Waals surface area contributed by atoms with Crippen LogP contribution in [-0.2, 0) is 10.2 Å². The second-order valence-electron chi connectivity index (χ2n) is 4.34. The lowest BCUT2D eigenvalue weighted by molar-refractivity contribution is -0.144. The molecule has 0 radical (unpaired) electrons. The minimum absolute atomic E-state index is 0.447. The van der Waals surface area contributed by atoms with E-state index >= 15 is 0 Å².